The number of piperidine rings is 1. The van der Waals surface area contributed by atoms with Gasteiger partial charge in [0.2, 0.25) is 0 Å². The molecule has 2 aromatic rings. The highest BCUT2D eigenvalue weighted by atomic mass is 16.3. The summed E-state index contributed by atoms with van der Waals surface area (Å²) < 4.78 is 0. The highest BCUT2D eigenvalue weighted by Gasteiger charge is 2.32. The number of aromatic nitrogens is 2. The van der Waals surface area contributed by atoms with Gasteiger partial charge in [-0.05, 0) is 31.5 Å². The fourth-order valence-corrected chi connectivity index (χ4v) is 2.76. The van der Waals surface area contributed by atoms with Crippen molar-refractivity contribution in [2.24, 2.45) is 0 Å². The quantitative estimate of drug-likeness (QED) is 0.767. The molecule has 0 amide bonds. The molecule has 1 aromatic carbocycles. The number of β-amino-alcohol motifs (C(OH)–C–C–N with tert-alkyl or cyclic N) is 1. The van der Waals surface area contributed by atoms with Crippen molar-refractivity contribution in [3.63, 3.8) is 0 Å². The first-order chi connectivity index (χ1) is 9.18. The van der Waals surface area contributed by atoms with Crippen LogP contribution in [0.2, 0.25) is 0 Å². The SMILES string of the molecule is OC[C@@]1(O)CCCN(Cc2nc3ccccc3[nH]2)C1. The normalized spacial score (nSPS) is 24.9. The Morgan fingerprint density at radius 3 is 3.00 bits per heavy atom. The standard InChI is InChI=1S/C14H19N3O2/c18-10-14(19)6-3-7-17(9-14)8-13-15-11-4-1-2-5-12(11)16-13/h1-2,4-5,18-19H,3,6-10H2,(H,15,16)/t14-/m1/s1. The van der Waals surface area contributed by atoms with Gasteiger partial charge in [0.25, 0.3) is 0 Å². The topological polar surface area (TPSA) is 72.4 Å². The van der Waals surface area contributed by atoms with Crippen LogP contribution in [0.4, 0.5) is 0 Å². The van der Waals surface area contributed by atoms with E-state index in [4.69, 9.17) is 0 Å². The molecule has 0 unspecified atom stereocenters. The third-order valence-electron chi connectivity index (χ3n) is 3.74. The van der Waals surface area contributed by atoms with Crippen LogP contribution >= 0.6 is 0 Å². The summed E-state index contributed by atoms with van der Waals surface area (Å²) in [6, 6.07) is 7.94. The number of imidazole rings is 1. The van der Waals surface area contributed by atoms with Gasteiger partial charge in [0.1, 0.15) is 11.4 Å². The van der Waals surface area contributed by atoms with Crippen molar-refractivity contribution >= 4 is 11.0 Å². The summed E-state index contributed by atoms with van der Waals surface area (Å²) in [5.41, 5.74) is 1.04. The molecule has 5 heteroatoms. The van der Waals surface area contributed by atoms with Crippen molar-refractivity contribution in [2.75, 3.05) is 19.7 Å². The Labute approximate surface area is 111 Å². The van der Waals surface area contributed by atoms with Crippen LogP contribution in [0.25, 0.3) is 11.0 Å². The maximum Gasteiger partial charge on any atom is 0.121 e. The van der Waals surface area contributed by atoms with E-state index in [0.29, 0.717) is 19.5 Å². The molecule has 1 aliphatic rings. The van der Waals surface area contributed by atoms with Gasteiger partial charge in [-0.1, -0.05) is 12.1 Å². The van der Waals surface area contributed by atoms with Crippen LogP contribution in [0.5, 0.6) is 0 Å². The van der Waals surface area contributed by atoms with Crippen LogP contribution < -0.4 is 0 Å². The number of aromatic amines is 1. The van der Waals surface area contributed by atoms with E-state index in [2.05, 4.69) is 14.9 Å². The van der Waals surface area contributed by atoms with E-state index in [1.165, 1.54) is 0 Å². The lowest BCUT2D eigenvalue weighted by Gasteiger charge is -2.37. The van der Waals surface area contributed by atoms with Crippen molar-refractivity contribution in [3.05, 3.63) is 30.1 Å². The number of nitrogens with one attached hydrogen (secondary N) is 1. The Morgan fingerprint density at radius 1 is 1.37 bits per heavy atom. The predicted octanol–water partition coefficient (Wildman–Crippen LogP) is 0.882. The molecular formula is C14H19N3O2. The maximum absolute atomic E-state index is 10.1. The maximum atomic E-state index is 10.1. The average Bonchev–Trinajstić information content (AvgIpc) is 2.81. The third-order valence-corrected chi connectivity index (χ3v) is 3.74. The summed E-state index contributed by atoms with van der Waals surface area (Å²) >= 11 is 0. The number of benzene rings is 1. The molecule has 0 bridgehead atoms. The summed E-state index contributed by atoms with van der Waals surface area (Å²) in [5.74, 6) is 0.906. The summed E-state index contributed by atoms with van der Waals surface area (Å²) in [5, 5.41) is 19.4. The summed E-state index contributed by atoms with van der Waals surface area (Å²) in [6.07, 6.45) is 1.57. The van der Waals surface area contributed by atoms with Crippen LogP contribution in [0.1, 0.15) is 18.7 Å². The molecule has 1 fully saturated rings. The minimum atomic E-state index is -0.954. The zero-order valence-corrected chi connectivity index (χ0v) is 10.8. The number of likely N-dealkylation sites (tertiary alicyclic amines) is 1. The first-order valence-electron chi connectivity index (χ1n) is 6.68. The van der Waals surface area contributed by atoms with Gasteiger partial charge in [-0.25, -0.2) is 4.98 Å². The number of aliphatic hydroxyl groups excluding tert-OH is 1. The summed E-state index contributed by atoms with van der Waals surface area (Å²) in [7, 11) is 0. The number of rotatable bonds is 3. The van der Waals surface area contributed by atoms with Crippen LogP contribution in [0.15, 0.2) is 24.3 Å². The molecule has 1 aromatic heterocycles. The van der Waals surface area contributed by atoms with E-state index in [-0.39, 0.29) is 6.61 Å². The first-order valence-corrected chi connectivity index (χ1v) is 6.68. The van der Waals surface area contributed by atoms with Gasteiger partial charge in [-0.3, -0.25) is 4.90 Å². The fourth-order valence-electron chi connectivity index (χ4n) is 2.76. The van der Waals surface area contributed by atoms with Gasteiger partial charge in [-0.15, -0.1) is 0 Å². The van der Waals surface area contributed by atoms with E-state index in [1.54, 1.807) is 0 Å². The highest BCUT2D eigenvalue weighted by molar-refractivity contribution is 5.74. The molecule has 0 aliphatic carbocycles. The van der Waals surface area contributed by atoms with E-state index in [9.17, 15) is 10.2 Å². The fraction of sp³-hybridized carbons (Fsp3) is 0.500. The molecule has 3 rings (SSSR count). The zero-order valence-electron chi connectivity index (χ0n) is 10.8. The average molecular weight is 261 g/mol. The Bertz CT molecular complexity index is 536. The van der Waals surface area contributed by atoms with Crippen molar-refractivity contribution in [2.45, 2.75) is 25.0 Å². The Balaban J connectivity index is 1.74. The molecule has 19 heavy (non-hydrogen) atoms. The molecule has 1 saturated heterocycles. The molecule has 0 saturated carbocycles. The molecule has 102 valence electrons. The number of para-hydroxylation sites is 2. The molecule has 2 heterocycles. The lowest BCUT2D eigenvalue weighted by Crippen LogP contribution is -2.50. The van der Waals surface area contributed by atoms with E-state index in [1.807, 2.05) is 24.3 Å². The zero-order chi connectivity index (χ0) is 13.3. The van der Waals surface area contributed by atoms with Crippen molar-refractivity contribution in [1.82, 2.24) is 14.9 Å². The van der Waals surface area contributed by atoms with Gasteiger partial charge < -0.3 is 15.2 Å². The number of hydrogen-bond donors (Lipinski definition) is 3. The van der Waals surface area contributed by atoms with E-state index >= 15 is 0 Å². The third kappa shape index (κ3) is 2.63. The summed E-state index contributed by atoms with van der Waals surface area (Å²) in [6.45, 7) is 1.93. The highest BCUT2D eigenvalue weighted by Crippen LogP contribution is 2.22. The van der Waals surface area contributed by atoms with Crippen molar-refractivity contribution in [3.8, 4) is 0 Å². The number of nitrogens with zero attached hydrogens (tertiary/aromatic N) is 2. The van der Waals surface area contributed by atoms with Crippen LogP contribution in [0.3, 0.4) is 0 Å². The minimum absolute atomic E-state index is 0.177. The van der Waals surface area contributed by atoms with E-state index in [0.717, 1.165) is 29.8 Å². The number of H-pyrrole nitrogens is 1. The van der Waals surface area contributed by atoms with Crippen LogP contribution in [0, 0.1) is 0 Å². The monoisotopic (exact) mass is 261 g/mol. The van der Waals surface area contributed by atoms with Gasteiger partial charge in [0, 0.05) is 6.54 Å². The molecule has 0 radical (unpaired) electrons. The lowest BCUT2D eigenvalue weighted by molar-refractivity contribution is -0.0691. The van der Waals surface area contributed by atoms with E-state index < -0.39 is 5.60 Å². The largest absolute Gasteiger partial charge is 0.393 e. The Hall–Kier alpha value is -1.43. The molecule has 1 atom stereocenters. The van der Waals surface area contributed by atoms with Crippen LogP contribution in [-0.4, -0.2) is 50.4 Å². The lowest BCUT2D eigenvalue weighted by atomic mass is 9.94. The first kappa shape index (κ1) is 12.6. The Morgan fingerprint density at radius 2 is 2.21 bits per heavy atom. The second-order valence-electron chi connectivity index (χ2n) is 5.40. The molecule has 5 nitrogen and oxygen atoms in total. The van der Waals surface area contributed by atoms with Gasteiger partial charge in [-0.2, -0.15) is 0 Å². The minimum Gasteiger partial charge on any atom is -0.393 e. The van der Waals surface area contributed by atoms with Crippen molar-refractivity contribution < 1.29 is 10.2 Å². The smallest absolute Gasteiger partial charge is 0.121 e. The molecule has 1 aliphatic heterocycles. The molecular weight excluding hydrogens is 242 g/mol. The molecule has 3 N–H and O–H groups in total. The van der Waals surface area contributed by atoms with Gasteiger partial charge in [0.05, 0.1) is 24.2 Å². The predicted molar refractivity (Wildman–Crippen MR) is 72.6 cm³/mol. The van der Waals surface area contributed by atoms with Crippen LogP contribution in [-0.2, 0) is 6.54 Å². The van der Waals surface area contributed by atoms with Crippen molar-refractivity contribution in [1.29, 1.82) is 0 Å². The van der Waals surface area contributed by atoms with Gasteiger partial charge in [0.15, 0.2) is 0 Å². The second-order valence-corrected chi connectivity index (χ2v) is 5.40. The number of hydrogen-bond acceptors (Lipinski definition) is 4. The second kappa shape index (κ2) is 4.92. The Kier molecular flexibility index (Phi) is 3.26. The number of fused-ring (bicyclic) bond motifs is 1. The van der Waals surface area contributed by atoms with Gasteiger partial charge >= 0.3 is 0 Å². The number of aliphatic hydroxyl groups is 2. The molecule has 0 spiro atoms. The summed E-state index contributed by atoms with van der Waals surface area (Å²) in [4.78, 5) is 9.97.